The third-order valence-corrected chi connectivity index (χ3v) is 4.84. The lowest BCUT2D eigenvalue weighted by molar-refractivity contribution is 0.154. The van der Waals surface area contributed by atoms with Crippen molar-refractivity contribution >= 4 is 0 Å². The molecule has 2 aliphatic rings. The quantitative estimate of drug-likeness (QED) is 0.810. The normalized spacial score (nSPS) is 30.9. The summed E-state index contributed by atoms with van der Waals surface area (Å²) in [6, 6.07) is 0. The summed E-state index contributed by atoms with van der Waals surface area (Å²) in [6.45, 7) is 10.1. The van der Waals surface area contributed by atoms with Crippen LogP contribution in [-0.2, 0) is 0 Å². The molecule has 0 spiro atoms. The van der Waals surface area contributed by atoms with E-state index in [9.17, 15) is 0 Å². The zero-order chi connectivity index (χ0) is 12.3. The number of hydrogen-bond acceptors (Lipinski definition) is 2. The van der Waals surface area contributed by atoms with Crippen LogP contribution in [0, 0.1) is 17.3 Å². The second-order valence-corrected chi connectivity index (χ2v) is 7.08. The summed E-state index contributed by atoms with van der Waals surface area (Å²) < 4.78 is 0. The third-order valence-electron chi connectivity index (χ3n) is 4.84. The highest BCUT2D eigenvalue weighted by atomic mass is 15.1. The van der Waals surface area contributed by atoms with E-state index in [0.717, 1.165) is 11.8 Å². The van der Waals surface area contributed by atoms with Gasteiger partial charge in [-0.1, -0.05) is 13.8 Å². The molecule has 0 aromatic carbocycles. The van der Waals surface area contributed by atoms with Crippen molar-refractivity contribution in [3.63, 3.8) is 0 Å². The van der Waals surface area contributed by atoms with E-state index in [1.165, 1.54) is 58.3 Å². The highest BCUT2D eigenvalue weighted by molar-refractivity contribution is 4.83. The van der Waals surface area contributed by atoms with Gasteiger partial charge in [0.2, 0.25) is 0 Å². The molecule has 0 amide bonds. The van der Waals surface area contributed by atoms with Crippen LogP contribution in [0.1, 0.15) is 46.0 Å². The topological polar surface area (TPSA) is 15.3 Å². The minimum absolute atomic E-state index is 0.621. The summed E-state index contributed by atoms with van der Waals surface area (Å²) in [7, 11) is 2.08. The van der Waals surface area contributed by atoms with Gasteiger partial charge in [0.05, 0.1) is 0 Å². The molecule has 1 aliphatic carbocycles. The first kappa shape index (κ1) is 13.4. The summed E-state index contributed by atoms with van der Waals surface area (Å²) in [5.74, 6) is 1.89. The van der Waals surface area contributed by atoms with Crippen molar-refractivity contribution in [3.8, 4) is 0 Å². The molecule has 1 atom stereocenters. The van der Waals surface area contributed by atoms with Gasteiger partial charge in [0.1, 0.15) is 0 Å². The van der Waals surface area contributed by atoms with Crippen LogP contribution >= 0.6 is 0 Å². The van der Waals surface area contributed by atoms with Crippen LogP contribution < -0.4 is 5.32 Å². The van der Waals surface area contributed by atoms with Gasteiger partial charge in [-0.2, -0.15) is 0 Å². The maximum atomic E-state index is 3.32. The van der Waals surface area contributed by atoms with Crippen molar-refractivity contribution in [2.24, 2.45) is 17.3 Å². The standard InChI is InChI=1S/C15H30N2/c1-15(2)7-4-13(5-8-15)11-17-9-6-14(12-17)10-16-3/h13-14,16H,4-12H2,1-3H3. The maximum Gasteiger partial charge on any atom is 0.00224 e. The predicted octanol–water partition coefficient (Wildman–Crippen LogP) is 2.74. The Morgan fingerprint density at radius 3 is 2.47 bits per heavy atom. The van der Waals surface area contributed by atoms with E-state index in [1.54, 1.807) is 0 Å². The van der Waals surface area contributed by atoms with E-state index in [0.29, 0.717) is 5.41 Å². The van der Waals surface area contributed by atoms with E-state index >= 15 is 0 Å². The summed E-state index contributed by atoms with van der Waals surface area (Å²) in [4.78, 5) is 2.71. The molecular weight excluding hydrogens is 208 g/mol. The summed E-state index contributed by atoms with van der Waals surface area (Å²) >= 11 is 0. The number of nitrogens with zero attached hydrogens (tertiary/aromatic N) is 1. The van der Waals surface area contributed by atoms with Crippen LogP contribution in [0.3, 0.4) is 0 Å². The fourth-order valence-corrected chi connectivity index (χ4v) is 3.54. The van der Waals surface area contributed by atoms with Gasteiger partial charge in [-0.25, -0.2) is 0 Å². The minimum Gasteiger partial charge on any atom is -0.319 e. The second kappa shape index (κ2) is 5.71. The van der Waals surface area contributed by atoms with Crippen molar-refractivity contribution in [2.75, 3.05) is 33.2 Å². The van der Waals surface area contributed by atoms with Crippen LogP contribution in [0.4, 0.5) is 0 Å². The molecule has 2 nitrogen and oxygen atoms in total. The zero-order valence-corrected chi connectivity index (χ0v) is 12.0. The lowest BCUT2D eigenvalue weighted by Gasteiger charge is -2.36. The number of nitrogens with one attached hydrogen (secondary N) is 1. The van der Waals surface area contributed by atoms with Crippen molar-refractivity contribution in [1.82, 2.24) is 10.2 Å². The number of hydrogen-bond donors (Lipinski definition) is 1. The van der Waals surface area contributed by atoms with Crippen molar-refractivity contribution in [2.45, 2.75) is 46.0 Å². The maximum absolute atomic E-state index is 3.32. The monoisotopic (exact) mass is 238 g/mol. The average Bonchev–Trinajstić information content (AvgIpc) is 2.70. The Morgan fingerprint density at radius 2 is 1.82 bits per heavy atom. The first-order valence-corrected chi connectivity index (χ1v) is 7.46. The molecule has 1 aliphatic heterocycles. The molecule has 2 fully saturated rings. The molecular formula is C15H30N2. The van der Waals surface area contributed by atoms with Gasteiger partial charge in [-0.3, -0.25) is 0 Å². The molecule has 1 unspecified atom stereocenters. The zero-order valence-electron chi connectivity index (χ0n) is 12.0. The van der Waals surface area contributed by atoms with Gasteiger partial charge in [0.25, 0.3) is 0 Å². The molecule has 0 aromatic heterocycles. The molecule has 0 aromatic rings. The van der Waals surface area contributed by atoms with Gasteiger partial charge in [-0.15, -0.1) is 0 Å². The van der Waals surface area contributed by atoms with Gasteiger partial charge in [0, 0.05) is 13.1 Å². The van der Waals surface area contributed by atoms with E-state index < -0.39 is 0 Å². The molecule has 2 heteroatoms. The molecule has 1 N–H and O–H groups in total. The molecule has 0 bridgehead atoms. The van der Waals surface area contributed by atoms with Gasteiger partial charge in [-0.05, 0) is 69.5 Å². The first-order chi connectivity index (χ1) is 8.09. The molecule has 1 heterocycles. The third kappa shape index (κ3) is 3.96. The van der Waals surface area contributed by atoms with E-state index in [2.05, 4.69) is 31.1 Å². The van der Waals surface area contributed by atoms with Crippen LogP contribution in [0.5, 0.6) is 0 Å². The van der Waals surface area contributed by atoms with Crippen LogP contribution in [-0.4, -0.2) is 38.1 Å². The Labute approximate surface area is 107 Å². The fourth-order valence-electron chi connectivity index (χ4n) is 3.54. The molecule has 1 saturated carbocycles. The fraction of sp³-hybridized carbons (Fsp3) is 1.00. The summed E-state index contributed by atoms with van der Waals surface area (Å²) in [5.41, 5.74) is 0.621. The molecule has 0 radical (unpaired) electrons. The Kier molecular flexibility index (Phi) is 4.48. The van der Waals surface area contributed by atoms with Crippen LogP contribution in [0.2, 0.25) is 0 Å². The van der Waals surface area contributed by atoms with E-state index in [-0.39, 0.29) is 0 Å². The Bertz CT molecular complexity index is 227. The Balaban J connectivity index is 1.69. The molecule has 1 saturated heterocycles. The van der Waals surface area contributed by atoms with Gasteiger partial charge in [0.15, 0.2) is 0 Å². The minimum atomic E-state index is 0.621. The molecule has 2 rings (SSSR count). The predicted molar refractivity (Wildman–Crippen MR) is 74.2 cm³/mol. The van der Waals surface area contributed by atoms with Crippen molar-refractivity contribution < 1.29 is 0 Å². The van der Waals surface area contributed by atoms with Crippen LogP contribution in [0.15, 0.2) is 0 Å². The lowest BCUT2D eigenvalue weighted by atomic mass is 9.73. The molecule has 17 heavy (non-hydrogen) atoms. The van der Waals surface area contributed by atoms with Crippen molar-refractivity contribution in [1.29, 1.82) is 0 Å². The van der Waals surface area contributed by atoms with Crippen LogP contribution in [0.25, 0.3) is 0 Å². The smallest absolute Gasteiger partial charge is 0.00224 e. The summed E-state index contributed by atoms with van der Waals surface area (Å²) in [5, 5.41) is 3.32. The van der Waals surface area contributed by atoms with Gasteiger partial charge >= 0.3 is 0 Å². The highest BCUT2D eigenvalue weighted by Crippen LogP contribution is 2.38. The SMILES string of the molecule is CNCC1CCN(CC2CCC(C)(C)CC2)C1. The highest BCUT2D eigenvalue weighted by Gasteiger charge is 2.29. The van der Waals surface area contributed by atoms with E-state index in [1.807, 2.05) is 0 Å². The Morgan fingerprint density at radius 1 is 1.12 bits per heavy atom. The second-order valence-electron chi connectivity index (χ2n) is 7.08. The average molecular weight is 238 g/mol. The first-order valence-electron chi connectivity index (χ1n) is 7.46. The van der Waals surface area contributed by atoms with E-state index in [4.69, 9.17) is 0 Å². The summed E-state index contributed by atoms with van der Waals surface area (Å²) in [6.07, 6.45) is 7.19. The number of rotatable bonds is 4. The molecule has 100 valence electrons. The van der Waals surface area contributed by atoms with Crippen molar-refractivity contribution in [3.05, 3.63) is 0 Å². The van der Waals surface area contributed by atoms with Gasteiger partial charge < -0.3 is 10.2 Å². The number of likely N-dealkylation sites (tertiary alicyclic amines) is 1. The Hall–Kier alpha value is -0.0800. The lowest BCUT2D eigenvalue weighted by Crippen LogP contribution is -2.32. The largest absolute Gasteiger partial charge is 0.319 e.